The molecule has 2 amide bonds. The number of nitrogens with one attached hydrogen (secondary N) is 1. The number of amides is 2. The number of carbonyl (C=O) groups is 3. The van der Waals surface area contributed by atoms with Crippen LogP contribution in [0.3, 0.4) is 0 Å². The summed E-state index contributed by atoms with van der Waals surface area (Å²) in [6.45, 7) is 0. The molecule has 1 saturated carbocycles. The number of thioether (sulfide) groups is 1. The number of benzene rings is 1. The lowest BCUT2D eigenvalue weighted by molar-refractivity contribution is -0.134. The van der Waals surface area contributed by atoms with Crippen LogP contribution in [0.15, 0.2) is 29.2 Å². The van der Waals surface area contributed by atoms with E-state index in [1.807, 2.05) is 0 Å². The average Bonchev–Trinajstić information content (AvgIpc) is 2.93. The summed E-state index contributed by atoms with van der Waals surface area (Å²) in [5.41, 5.74) is 0.773. The molecule has 1 aliphatic heterocycles. The maximum Gasteiger partial charge on any atom is 0.311 e. The molecule has 1 aromatic rings. The molecule has 132 valence electrons. The van der Waals surface area contributed by atoms with Crippen molar-refractivity contribution in [2.24, 2.45) is 5.92 Å². The summed E-state index contributed by atoms with van der Waals surface area (Å²) in [6.07, 6.45) is 9.32. The molecule has 0 aromatic heterocycles. The Morgan fingerprint density at radius 1 is 1.16 bits per heavy atom. The Kier molecular flexibility index (Phi) is 5.91. The predicted octanol–water partition coefficient (Wildman–Crippen LogP) is 4.28. The zero-order chi connectivity index (χ0) is 17.6. The highest BCUT2D eigenvalue weighted by Crippen LogP contribution is 2.28. The third-order valence-corrected chi connectivity index (χ3v) is 5.34. The number of esters is 1. The van der Waals surface area contributed by atoms with E-state index in [2.05, 4.69) is 5.32 Å². The van der Waals surface area contributed by atoms with Gasteiger partial charge >= 0.3 is 5.97 Å². The van der Waals surface area contributed by atoms with Crippen LogP contribution in [0.2, 0.25) is 0 Å². The maximum atomic E-state index is 12.0. The van der Waals surface area contributed by atoms with E-state index >= 15 is 0 Å². The van der Waals surface area contributed by atoms with Gasteiger partial charge in [-0.25, -0.2) is 0 Å². The van der Waals surface area contributed by atoms with Gasteiger partial charge in [0.25, 0.3) is 11.1 Å². The molecule has 1 aromatic carbocycles. The van der Waals surface area contributed by atoms with Crippen molar-refractivity contribution in [3.05, 3.63) is 34.7 Å². The first kappa shape index (κ1) is 17.7. The van der Waals surface area contributed by atoms with Gasteiger partial charge in [0.15, 0.2) is 0 Å². The van der Waals surface area contributed by atoms with Crippen LogP contribution in [0.25, 0.3) is 6.08 Å². The molecule has 0 unspecified atom stereocenters. The predicted molar refractivity (Wildman–Crippen MR) is 97.0 cm³/mol. The van der Waals surface area contributed by atoms with Crippen LogP contribution < -0.4 is 10.1 Å². The summed E-state index contributed by atoms with van der Waals surface area (Å²) in [6, 6.07) is 6.91. The SMILES string of the molecule is O=C(CCC1CCCCC1)Oc1ccc(/C=C2\SC(=O)NC2=O)cc1. The number of carbonyl (C=O) groups excluding carboxylic acids is 3. The van der Waals surface area contributed by atoms with E-state index in [4.69, 9.17) is 4.74 Å². The van der Waals surface area contributed by atoms with Gasteiger partial charge in [-0.1, -0.05) is 44.2 Å². The summed E-state index contributed by atoms with van der Waals surface area (Å²) in [5, 5.41) is 1.85. The molecule has 0 bridgehead atoms. The van der Waals surface area contributed by atoms with E-state index in [0.29, 0.717) is 23.0 Å². The van der Waals surface area contributed by atoms with E-state index < -0.39 is 0 Å². The van der Waals surface area contributed by atoms with Gasteiger partial charge in [-0.15, -0.1) is 0 Å². The van der Waals surface area contributed by atoms with Crippen LogP contribution in [-0.2, 0) is 9.59 Å². The molecule has 1 N–H and O–H groups in total. The zero-order valence-corrected chi connectivity index (χ0v) is 14.8. The van der Waals surface area contributed by atoms with Gasteiger partial charge < -0.3 is 4.74 Å². The minimum atomic E-state index is -0.381. The summed E-state index contributed by atoms with van der Waals surface area (Å²) in [7, 11) is 0. The lowest BCUT2D eigenvalue weighted by atomic mass is 9.86. The Hall–Kier alpha value is -2.08. The third kappa shape index (κ3) is 5.19. The van der Waals surface area contributed by atoms with E-state index in [-0.39, 0.29) is 17.1 Å². The fraction of sp³-hybridized carbons (Fsp3) is 0.421. The van der Waals surface area contributed by atoms with Crippen molar-refractivity contribution in [1.82, 2.24) is 5.32 Å². The summed E-state index contributed by atoms with van der Waals surface area (Å²) >= 11 is 0.880. The standard InChI is InChI=1S/C19H21NO4S/c21-17(11-8-13-4-2-1-3-5-13)24-15-9-6-14(7-10-15)12-16-18(22)20-19(23)25-16/h6-7,9-10,12-13H,1-5,8,11H2,(H,20,22,23)/b16-12-. The number of ether oxygens (including phenoxy) is 1. The van der Waals surface area contributed by atoms with Crippen molar-refractivity contribution in [2.45, 2.75) is 44.9 Å². The lowest BCUT2D eigenvalue weighted by Crippen LogP contribution is -2.17. The molecule has 2 fully saturated rings. The van der Waals surface area contributed by atoms with Crippen LogP contribution in [-0.4, -0.2) is 17.1 Å². The molecule has 2 aliphatic rings. The van der Waals surface area contributed by atoms with Crippen LogP contribution in [0.4, 0.5) is 4.79 Å². The Morgan fingerprint density at radius 3 is 2.52 bits per heavy atom. The van der Waals surface area contributed by atoms with Gasteiger partial charge in [0.2, 0.25) is 0 Å². The van der Waals surface area contributed by atoms with E-state index in [9.17, 15) is 14.4 Å². The van der Waals surface area contributed by atoms with Gasteiger partial charge in [0, 0.05) is 6.42 Å². The van der Waals surface area contributed by atoms with Crippen molar-refractivity contribution in [3.63, 3.8) is 0 Å². The Labute approximate surface area is 151 Å². The minimum Gasteiger partial charge on any atom is -0.427 e. The van der Waals surface area contributed by atoms with Crippen LogP contribution >= 0.6 is 11.8 Å². The van der Waals surface area contributed by atoms with E-state index in [1.54, 1.807) is 30.3 Å². The number of hydrogen-bond donors (Lipinski definition) is 1. The quantitative estimate of drug-likeness (QED) is 0.483. The molecule has 1 heterocycles. The van der Waals surface area contributed by atoms with Crippen molar-refractivity contribution >= 4 is 35.0 Å². The molecule has 6 heteroatoms. The number of imide groups is 1. The number of rotatable bonds is 5. The van der Waals surface area contributed by atoms with Gasteiger partial charge in [0.05, 0.1) is 4.91 Å². The first-order chi connectivity index (χ1) is 12.1. The first-order valence-electron chi connectivity index (χ1n) is 8.66. The Bertz CT molecular complexity index is 690. The topological polar surface area (TPSA) is 72.5 Å². The molecule has 5 nitrogen and oxygen atoms in total. The molecular formula is C19H21NO4S. The van der Waals surface area contributed by atoms with Crippen molar-refractivity contribution < 1.29 is 19.1 Å². The molecule has 0 radical (unpaired) electrons. The second-order valence-electron chi connectivity index (χ2n) is 6.44. The highest BCUT2D eigenvalue weighted by atomic mass is 32.2. The highest BCUT2D eigenvalue weighted by molar-refractivity contribution is 8.18. The van der Waals surface area contributed by atoms with Gasteiger partial charge in [-0.2, -0.15) is 0 Å². The van der Waals surface area contributed by atoms with Gasteiger partial charge in [-0.05, 0) is 47.9 Å². The molecule has 1 saturated heterocycles. The second kappa shape index (κ2) is 8.34. The largest absolute Gasteiger partial charge is 0.427 e. The molecule has 3 rings (SSSR count). The zero-order valence-electron chi connectivity index (χ0n) is 14.0. The third-order valence-electron chi connectivity index (χ3n) is 4.53. The normalized spacial score (nSPS) is 19.9. The summed E-state index contributed by atoms with van der Waals surface area (Å²) < 4.78 is 5.37. The number of hydrogen-bond acceptors (Lipinski definition) is 5. The fourth-order valence-electron chi connectivity index (χ4n) is 3.18. The average molecular weight is 359 g/mol. The van der Waals surface area contributed by atoms with Crippen molar-refractivity contribution in [2.75, 3.05) is 0 Å². The molecular weight excluding hydrogens is 338 g/mol. The van der Waals surface area contributed by atoms with Crippen LogP contribution in [0, 0.1) is 5.92 Å². The Morgan fingerprint density at radius 2 is 1.88 bits per heavy atom. The second-order valence-corrected chi connectivity index (χ2v) is 7.45. The monoisotopic (exact) mass is 359 g/mol. The molecule has 0 spiro atoms. The Balaban J connectivity index is 1.50. The highest BCUT2D eigenvalue weighted by Gasteiger charge is 2.24. The van der Waals surface area contributed by atoms with E-state index in [0.717, 1.165) is 23.7 Å². The fourth-order valence-corrected chi connectivity index (χ4v) is 3.87. The minimum absolute atomic E-state index is 0.201. The summed E-state index contributed by atoms with van der Waals surface area (Å²) in [4.78, 5) is 35.0. The van der Waals surface area contributed by atoms with Gasteiger partial charge in [-0.3, -0.25) is 19.7 Å². The maximum absolute atomic E-state index is 12.0. The smallest absolute Gasteiger partial charge is 0.311 e. The first-order valence-corrected chi connectivity index (χ1v) is 9.47. The van der Waals surface area contributed by atoms with Crippen LogP contribution in [0.1, 0.15) is 50.5 Å². The summed E-state index contributed by atoms with van der Waals surface area (Å²) in [5.74, 6) is 0.574. The molecule has 1 aliphatic carbocycles. The van der Waals surface area contributed by atoms with Gasteiger partial charge in [0.1, 0.15) is 5.75 Å². The van der Waals surface area contributed by atoms with Crippen molar-refractivity contribution in [1.29, 1.82) is 0 Å². The lowest BCUT2D eigenvalue weighted by Gasteiger charge is -2.20. The van der Waals surface area contributed by atoms with Crippen molar-refractivity contribution in [3.8, 4) is 5.75 Å². The molecule has 0 atom stereocenters. The van der Waals surface area contributed by atoms with Crippen LogP contribution in [0.5, 0.6) is 5.75 Å². The molecule has 25 heavy (non-hydrogen) atoms. The van der Waals surface area contributed by atoms with E-state index in [1.165, 1.54) is 32.1 Å².